The van der Waals surface area contributed by atoms with Gasteiger partial charge in [-0.3, -0.25) is 19.5 Å². The van der Waals surface area contributed by atoms with E-state index in [0.717, 1.165) is 52.0 Å². The van der Waals surface area contributed by atoms with Gasteiger partial charge in [0.15, 0.2) is 0 Å². The smallest absolute Gasteiger partial charge is 0.223 e. The van der Waals surface area contributed by atoms with Crippen LogP contribution in [0.1, 0.15) is 56.9 Å². The van der Waals surface area contributed by atoms with Gasteiger partial charge in [-0.2, -0.15) is 0 Å². The number of nitrogens with zero attached hydrogens (tertiary/aromatic N) is 3. The zero-order valence-corrected chi connectivity index (χ0v) is 18.9. The second-order valence-corrected chi connectivity index (χ2v) is 8.91. The van der Waals surface area contributed by atoms with E-state index < -0.39 is 0 Å². The predicted octanol–water partition coefficient (Wildman–Crippen LogP) is 2.18. The number of aromatic nitrogens is 1. The predicted molar refractivity (Wildman–Crippen MR) is 122 cm³/mol. The molecule has 2 saturated heterocycles. The van der Waals surface area contributed by atoms with Crippen molar-refractivity contribution in [3.63, 3.8) is 0 Å². The highest BCUT2D eigenvalue weighted by Gasteiger charge is 2.20. The molecule has 2 N–H and O–H groups in total. The first-order valence-corrected chi connectivity index (χ1v) is 12.1. The van der Waals surface area contributed by atoms with Crippen LogP contribution in [0.25, 0.3) is 0 Å². The van der Waals surface area contributed by atoms with Crippen molar-refractivity contribution in [2.45, 2.75) is 57.9 Å². The second kappa shape index (κ2) is 13.4. The molecule has 2 amide bonds. The van der Waals surface area contributed by atoms with E-state index in [1.165, 1.54) is 37.9 Å². The highest BCUT2D eigenvalue weighted by molar-refractivity contribution is 5.79. The Morgan fingerprint density at radius 2 is 1.81 bits per heavy atom. The number of rotatable bonds is 7. The number of hydrogen-bond acceptors (Lipinski definition) is 5. The molecular weight excluding hydrogens is 390 g/mol. The Kier molecular flexibility index (Phi) is 10.3. The summed E-state index contributed by atoms with van der Waals surface area (Å²) in [6.07, 6.45) is 11.6. The maximum atomic E-state index is 12.8. The third-order valence-corrected chi connectivity index (χ3v) is 6.42. The van der Waals surface area contributed by atoms with Gasteiger partial charge in [-0.05, 0) is 82.4 Å². The van der Waals surface area contributed by atoms with Crippen molar-refractivity contribution < 1.29 is 9.59 Å². The van der Waals surface area contributed by atoms with Crippen LogP contribution >= 0.6 is 0 Å². The van der Waals surface area contributed by atoms with E-state index in [0.29, 0.717) is 19.4 Å². The summed E-state index contributed by atoms with van der Waals surface area (Å²) in [6.45, 7) is 7.24. The average Bonchev–Trinajstić information content (AvgIpc) is 2.83. The fourth-order valence-corrected chi connectivity index (χ4v) is 4.56. The van der Waals surface area contributed by atoms with Crippen LogP contribution in [0, 0.1) is 5.92 Å². The number of hydrogen-bond donors (Lipinski definition) is 2. The molecule has 1 aromatic heterocycles. The quantitative estimate of drug-likeness (QED) is 0.650. The fourth-order valence-electron chi connectivity index (χ4n) is 4.56. The molecule has 0 aromatic carbocycles. The number of carbonyl (C=O) groups is 2. The monoisotopic (exact) mass is 429 g/mol. The summed E-state index contributed by atoms with van der Waals surface area (Å²) in [5, 5.41) is 6.15. The Bertz CT molecular complexity index is 663. The maximum Gasteiger partial charge on any atom is 0.223 e. The number of pyridine rings is 1. The van der Waals surface area contributed by atoms with Gasteiger partial charge < -0.3 is 15.5 Å². The van der Waals surface area contributed by atoms with E-state index in [1.807, 2.05) is 12.1 Å². The first-order chi connectivity index (χ1) is 15.2. The molecule has 2 aliphatic rings. The summed E-state index contributed by atoms with van der Waals surface area (Å²) in [5.74, 6) is 0.186. The van der Waals surface area contributed by atoms with Gasteiger partial charge in [0, 0.05) is 50.9 Å². The molecule has 172 valence electrons. The van der Waals surface area contributed by atoms with Crippen molar-refractivity contribution in [2.24, 2.45) is 5.92 Å². The number of piperidine rings is 1. The number of amides is 2. The fraction of sp³-hybridized carbons (Fsp3) is 0.708. The first-order valence-electron chi connectivity index (χ1n) is 12.1. The average molecular weight is 430 g/mol. The van der Waals surface area contributed by atoms with E-state index in [2.05, 4.69) is 25.4 Å². The van der Waals surface area contributed by atoms with Crippen molar-refractivity contribution >= 4 is 11.8 Å². The lowest BCUT2D eigenvalue weighted by atomic mass is 9.98. The molecule has 0 bridgehead atoms. The molecule has 3 rings (SSSR count). The minimum atomic E-state index is -0.0313. The van der Waals surface area contributed by atoms with Gasteiger partial charge >= 0.3 is 0 Å². The van der Waals surface area contributed by atoms with Crippen LogP contribution in [-0.2, 0) is 16.1 Å². The van der Waals surface area contributed by atoms with Gasteiger partial charge in [-0.25, -0.2) is 0 Å². The van der Waals surface area contributed by atoms with Crippen molar-refractivity contribution in [1.82, 2.24) is 25.4 Å². The molecule has 0 spiro atoms. The molecule has 7 nitrogen and oxygen atoms in total. The third kappa shape index (κ3) is 8.95. The van der Waals surface area contributed by atoms with Gasteiger partial charge in [0.1, 0.15) is 0 Å². The lowest BCUT2D eigenvalue weighted by molar-refractivity contribution is -0.126. The Morgan fingerprint density at radius 1 is 1.03 bits per heavy atom. The van der Waals surface area contributed by atoms with Gasteiger partial charge in [-0.15, -0.1) is 0 Å². The summed E-state index contributed by atoms with van der Waals surface area (Å²) < 4.78 is 0. The van der Waals surface area contributed by atoms with E-state index in [9.17, 15) is 9.59 Å². The molecule has 3 heterocycles. The summed E-state index contributed by atoms with van der Waals surface area (Å²) in [6, 6.07) is 4.04. The zero-order chi connectivity index (χ0) is 21.7. The second-order valence-electron chi connectivity index (χ2n) is 8.91. The van der Waals surface area contributed by atoms with Gasteiger partial charge in [0.2, 0.25) is 11.8 Å². The van der Waals surface area contributed by atoms with Crippen LogP contribution in [0.4, 0.5) is 0 Å². The van der Waals surface area contributed by atoms with E-state index in [4.69, 9.17) is 0 Å². The molecule has 0 radical (unpaired) electrons. The van der Waals surface area contributed by atoms with Gasteiger partial charge in [-0.1, -0.05) is 6.42 Å². The molecule has 0 saturated carbocycles. The zero-order valence-electron chi connectivity index (χ0n) is 18.9. The Morgan fingerprint density at radius 3 is 2.61 bits per heavy atom. The molecule has 1 atom stereocenters. The van der Waals surface area contributed by atoms with E-state index >= 15 is 0 Å². The van der Waals surface area contributed by atoms with Crippen LogP contribution in [0.5, 0.6) is 0 Å². The number of likely N-dealkylation sites (tertiary alicyclic amines) is 1. The lowest BCUT2D eigenvalue weighted by Crippen LogP contribution is -2.36. The molecule has 2 aliphatic heterocycles. The van der Waals surface area contributed by atoms with Crippen LogP contribution in [-0.4, -0.2) is 72.4 Å². The van der Waals surface area contributed by atoms with Crippen molar-refractivity contribution in [2.75, 3.05) is 45.8 Å². The molecule has 1 unspecified atom stereocenters. The van der Waals surface area contributed by atoms with Crippen LogP contribution in [0.15, 0.2) is 24.5 Å². The van der Waals surface area contributed by atoms with Crippen molar-refractivity contribution in [3.8, 4) is 0 Å². The normalized spacial score (nSPS) is 22.3. The highest BCUT2D eigenvalue weighted by atomic mass is 16.2. The lowest BCUT2D eigenvalue weighted by Gasteiger charge is -2.26. The molecule has 31 heavy (non-hydrogen) atoms. The third-order valence-electron chi connectivity index (χ3n) is 6.42. The van der Waals surface area contributed by atoms with Crippen molar-refractivity contribution in [1.29, 1.82) is 0 Å². The van der Waals surface area contributed by atoms with Gasteiger partial charge in [0.05, 0.1) is 0 Å². The molecule has 2 fully saturated rings. The summed E-state index contributed by atoms with van der Waals surface area (Å²) in [7, 11) is 0. The Labute approximate surface area is 187 Å². The highest BCUT2D eigenvalue weighted by Crippen LogP contribution is 2.15. The van der Waals surface area contributed by atoms with Crippen molar-refractivity contribution in [3.05, 3.63) is 30.1 Å². The molecule has 0 aliphatic carbocycles. The molecule has 1 aromatic rings. The topological polar surface area (TPSA) is 77.6 Å². The Balaban J connectivity index is 1.44. The standard InChI is InChI=1S/C24H39N5O2/c30-23-10-19-29(20-21-7-12-25-13-8-21)17-4-6-22(9-14-26-23)24(31)27-11-5-18-28-15-2-1-3-16-28/h7-8,12-13,22H,1-6,9-11,14-20H2,(H,26,30)(H,27,31). The Hall–Kier alpha value is -1.99. The minimum Gasteiger partial charge on any atom is -0.356 e. The van der Waals surface area contributed by atoms with Crippen LogP contribution in [0.2, 0.25) is 0 Å². The van der Waals surface area contributed by atoms with Crippen LogP contribution < -0.4 is 10.6 Å². The molecular formula is C24H39N5O2. The van der Waals surface area contributed by atoms with E-state index in [-0.39, 0.29) is 17.7 Å². The maximum absolute atomic E-state index is 12.8. The summed E-state index contributed by atoms with van der Waals surface area (Å²) in [5.41, 5.74) is 1.20. The van der Waals surface area contributed by atoms with E-state index in [1.54, 1.807) is 12.4 Å². The number of nitrogens with one attached hydrogen (secondary N) is 2. The molecule has 7 heteroatoms. The largest absolute Gasteiger partial charge is 0.356 e. The number of carbonyl (C=O) groups excluding carboxylic acids is 2. The summed E-state index contributed by atoms with van der Waals surface area (Å²) in [4.78, 5) is 33.9. The SMILES string of the molecule is O=C1CCN(Cc2ccncc2)CCCC(C(=O)NCCCN2CCCCC2)CCN1. The summed E-state index contributed by atoms with van der Waals surface area (Å²) >= 11 is 0. The first kappa shape index (κ1) is 23.7. The van der Waals surface area contributed by atoms with Gasteiger partial charge in [0.25, 0.3) is 0 Å². The van der Waals surface area contributed by atoms with Crippen LogP contribution in [0.3, 0.4) is 0 Å². The minimum absolute atomic E-state index is 0.0313.